The molecule has 18 heavy (non-hydrogen) atoms. The molecular weight excluding hydrogens is 255 g/mol. The smallest absolute Gasteiger partial charge is 0.254 e. The highest BCUT2D eigenvalue weighted by Gasteiger charge is 2.25. The molecule has 5 heteroatoms. The Hall–Kier alpha value is -1.68. The van der Waals surface area contributed by atoms with Crippen molar-refractivity contribution in [3.8, 4) is 0 Å². The maximum absolute atomic E-state index is 13.0. The van der Waals surface area contributed by atoms with Gasteiger partial charge in [0.15, 0.2) is 0 Å². The largest absolute Gasteiger partial charge is 0.349 e. The molecule has 0 aliphatic heterocycles. The van der Waals surface area contributed by atoms with Gasteiger partial charge in [0.05, 0.1) is 11.1 Å². The Balaban J connectivity index is 2.03. The number of hydrogen-bond acceptors (Lipinski definition) is 2. The van der Waals surface area contributed by atoms with Crippen molar-refractivity contribution in [2.75, 3.05) is 0 Å². The fourth-order valence-corrected chi connectivity index (χ4v) is 2.00. The SMILES string of the molecule is O=C(NC1CC1)c1cc2ccc(F)cc2nc1Cl. The van der Waals surface area contributed by atoms with Crippen LogP contribution in [0.1, 0.15) is 23.2 Å². The van der Waals surface area contributed by atoms with Gasteiger partial charge in [0, 0.05) is 17.5 Å². The number of halogens is 2. The number of fused-ring (bicyclic) bond motifs is 1. The van der Waals surface area contributed by atoms with Crippen LogP contribution in [0.5, 0.6) is 0 Å². The fourth-order valence-electron chi connectivity index (χ4n) is 1.77. The zero-order chi connectivity index (χ0) is 12.7. The van der Waals surface area contributed by atoms with Gasteiger partial charge in [0.1, 0.15) is 11.0 Å². The zero-order valence-corrected chi connectivity index (χ0v) is 10.2. The van der Waals surface area contributed by atoms with E-state index < -0.39 is 0 Å². The Morgan fingerprint density at radius 3 is 2.89 bits per heavy atom. The molecule has 0 bridgehead atoms. The lowest BCUT2D eigenvalue weighted by atomic mass is 10.1. The minimum Gasteiger partial charge on any atom is -0.349 e. The van der Waals surface area contributed by atoms with Crippen LogP contribution in [0.4, 0.5) is 4.39 Å². The second-order valence-electron chi connectivity index (χ2n) is 4.41. The highest BCUT2D eigenvalue weighted by molar-refractivity contribution is 6.33. The molecule has 1 aromatic carbocycles. The molecule has 1 aliphatic rings. The monoisotopic (exact) mass is 264 g/mol. The summed E-state index contributed by atoms with van der Waals surface area (Å²) in [5.41, 5.74) is 0.783. The second-order valence-corrected chi connectivity index (χ2v) is 4.77. The van der Waals surface area contributed by atoms with Crippen LogP contribution < -0.4 is 5.32 Å². The number of hydrogen-bond donors (Lipinski definition) is 1. The summed E-state index contributed by atoms with van der Waals surface area (Å²) in [5, 5.41) is 3.65. The average Bonchev–Trinajstić information content (AvgIpc) is 3.11. The average molecular weight is 265 g/mol. The molecule has 0 spiro atoms. The molecule has 3 rings (SSSR count). The molecule has 1 fully saturated rings. The molecule has 2 aromatic rings. The number of benzene rings is 1. The van der Waals surface area contributed by atoms with Crippen LogP contribution in [0.3, 0.4) is 0 Å². The van der Waals surface area contributed by atoms with Crippen molar-refractivity contribution in [1.29, 1.82) is 0 Å². The predicted molar refractivity (Wildman–Crippen MR) is 67.2 cm³/mol. The Morgan fingerprint density at radius 1 is 1.39 bits per heavy atom. The van der Waals surface area contributed by atoms with Crippen LogP contribution in [0.25, 0.3) is 10.9 Å². The molecule has 0 atom stereocenters. The molecule has 0 radical (unpaired) electrons. The van der Waals surface area contributed by atoms with E-state index in [-0.39, 0.29) is 22.9 Å². The predicted octanol–water partition coefficient (Wildman–Crippen LogP) is 2.92. The molecule has 1 N–H and O–H groups in total. The van der Waals surface area contributed by atoms with E-state index in [1.165, 1.54) is 12.1 Å². The van der Waals surface area contributed by atoms with Gasteiger partial charge < -0.3 is 5.32 Å². The van der Waals surface area contributed by atoms with Crippen LogP contribution in [0.2, 0.25) is 5.15 Å². The first-order valence-electron chi connectivity index (χ1n) is 5.70. The van der Waals surface area contributed by atoms with E-state index in [0.717, 1.165) is 12.8 Å². The number of rotatable bonds is 2. The summed E-state index contributed by atoms with van der Waals surface area (Å²) in [6.45, 7) is 0. The molecule has 92 valence electrons. The lowest BCUT2D eigenvalue weighted by Crippen LogP contribution is -2.25. The van der Waals surface area contributed by atoms with Gasteiger partial charge in [0.2, 0.25) is 0 Å². The molecule has 1 saturated carbocycles. The standard InChI is InChI=1S/C13H10ClFN2O/c14-12-10(13(18)16-9-3-4-9)5-7-1-2-8(15)6-11(7)17-12/h1-2,5-6,9H,3-4H2,(H,16,18). The van der Waals surface area contributed by atoms with Crippen LogP contribution in [0, 0.1) is 5.82 Å². The third-order valence-electron chi connectivity index (χ3n) is 2.89. The van der Waals surface area contributed by atoms with Crippen molar-refractivity contribution < 1.29 is 9.18 Å². The van der Waals surface area contributed by atoms with E-state index in [0.29, 0.717) is 16.5 Å². The summed E-state index contributed by atoms with van der Waals surface area (Å²) in [4.78, 5) is 16.0. The first kappa shape index (κ1) is 11.4. The number of carbonyl (C=O) groups excluding carboxylic acids is 1. The maximum Gasteiger partial charge on any atom is 0.254 e. The maximum atomic E-state index is 13.0. The number of nitrogens with zero attached hydrogens (tertiary/aromatic N) is 1. The fraction of sp³-hybridized carbons (Fsp3) is 0.231. The summed E-state index contributed by atoms with van der Waals surface area (Å²) < 4.78 is 13.0. The van der Waals surface area contributed by atoms with Gasteiger partial charge in [-0.15, -0.1) is 0 Å². The van der Waals surface area contributed by atoms with Crippen molar-refractivity contribution in [2.45, 2.75) is 18.9 Å². The summed E-state index contributed by atoms with van der Waals surface area (Å²) in [7, 11) is 0. The third kappa shape index (κ3) is 2.16. The highest BCUT2D eigenvalue weighted by Crippen LogP contribution is 2.24. The van der Waals surface area contributed by atoms with E-state index in [4.69, 9.17) is 11.6 Å². The van der Waals surface area contributed by atoms with Crippen LogP contribution in [-0.2, 0) is 0 Å². The minimum atomic E-state index is -0.374. The van der Waals surface area contributed by atoms with Gasteiger partial charge in [-0.25, -0.2) is 9.37 Å². The van der Waals surface area contributed by atoms with Gasteiger partial charge in [0.25, 0.3) is 5.91 Å². The van der Waals surface area contributed by atoms with Gasteiger partial charge in [-0.3, -0.25) is 4.79 Å². The van der Waals surface area contributed by atoms with Crippen molar-refractivity contribution in [3.63, 3.8) is 0 Å². The Labute approximate surface area is 108 Å². The first-order valence-corrected chi connectivity index (χ1v) is 6.08. The molecule has 1 aromatic heterocycles. The number of aromatic nitrogens is 1. The Morgan fingerprint density at radius 2 is 2.17 bits per heavy atom. The van der Waals surface area contributed by atoms with Crippen molar-refractivity contribution in [3.05, 3.63) is 40.8 Å². The third-order valence-corrected chi connectivity index (χ3v) is 3.18. The van der Waals surface area contributed by atoms with Crippen LogP contribution >= 0.6 is 11.6 Å². The quantitative estimate of drug-likeness (QED) is 0.848. The zero-order valence-electron chi connectivity index (χ0n) is 9.41. The summed E-state index contributed by atoms with van der Waals surface area (Å²) in [6.07, 6.45) is 2.02. The van der Waals surface area contributed by atoms with Crippen LogP contribution in [0.15, 0.2) is 24.3 Å². The molecule has 1 heterocycles. The molecule has 0 unspecified atom stereocenters. The summed E-state index contributed by atoms with van der Waals surface area (Å²) in [6, 6.07) is 6.12. The van der Waals surface area contributed by atoms with E-state index in [9.17, 15) is 9.18 Å². The van der Waals surface area contributed by atoms with E-state index in [2.05, 4.69) is 10.3 Å². The summed E-state index contributed by atoms with van der Waals surface area (Å²) >= 11 is 5.96. The number of nitrogens with one attached hydrogen (secondary N) is 1. The van der Waals surface area contributed by atoms with Crippen molar-refractivity contribution in [1.82, 2.24) is 10.3 Å². The van der Waals surface area contributed by atoms with Crippen LogP contribution in [-0.4, -0.2) is 16.9 Å². The minimum absolute atomic E-state index is 0.103. The lowest BCUT2D eigenvalue weighted by molar-refractivity contribution is 0.0951. The number of amides is 1. The topological polar surface area (TPSA) is 42.0 Å². The highest BCUT2D eigenvalue weighted by atomic mass is 35.5. The Kier molecular flexibility index (Phi) is 2.67. The van der Waals surface area contributed by atoms with Gasteiger partial charge in [-0.05, 0) is 31.0 Å². The van der Waals surface area contributed by atoms with Gasteiger partial charge in [-0.2, -0.15) is 0 Å². The second kappa shape index (κ2) is 4.21. The van der Waals surface area contributed by atoms with Gasteiger partial charge >= 0.3 is 0 Å². The molecular formula is C13H10ClFN2O. The number of pyridine rings is 1. The normalized spacial score (nSPS) is 14.8. The molecule has 1 amide bonds. The first-order chi connectivity index (χ1) is 8.63. The Bertz CT molecular complexity index is 640. The summed E-state index contributed by atoms with van der Waals surface area (Å²) in [5.74, 6) is -0.595. The van der Waals surface area contributed by atoms with E-state index >= 15 is 0 Å². The van der Waals surface area contributed by atoms with E-state index in [1.807, 2.05) is 0 Å². The van der Waals surface area contributed by atoms with Gasteiger partial charge in [-0.1, -0.05) is 11.6 Å². The lowest BCUT2D eigenvalue weighted by Gasteiger charge is -2.06. The van der Waals surface area contributed by atoms with Crippen molar-refractivity contribution in [2.24, 2.45) is 0 Å². The number of carbonyl (C=O) groups is 1. The molecule has 3 nitrogen and oxygen atoms in total. The molecule has 1 aliphatic carbocycles. The molecule has 0 saturated heterocycles. The van der Waals surface area contributed by atoms with E-state index in [1.54, 1.807) is 12.1 Å². The van der Waals surface area contributed by atoms with Crippen molar-refractivity contribution >= 4 is 28.4 Å².